The number of hydrogen-bond donors (Lipinski definition) is 2. The molecular weight excluding hydrogens is 334 g/mol. The van der Waals surface area contributed by atoms with Crippen LogP contribution in [0.15, 0.2) is 36.7 Å². The number of hydrogen-bond acceptors (Lipinski definition) is 5. The second-order valence-corrected chi connectivity index (χ2v) is 7.42. The largest absolute Gasteiger partial charge is 0.497 e. The van der Waals surface area contributed by atoms with Crippen LogP contribution in [-0.2, 0) is 0 Å². The summed E-state index contributed by atoms with van der Waals surface area (Å²) in [7, 11) is 1.65. The van der Waals surface area contributed by atoms with Crippen LogP contribution in [0.4, 0.5) is 5.69 Å². The predicted octanol–water partition coefficient (Wildman–Crippen LogP) is 3.48. The van der Waals surface area contributed by atoms with Gasteiger partial charge in [-0.1, -0.05) is 12.1 Å². The highest BCUT2D eigenvalue weighted by atomic mass is 32.1. The molecule has 1 amide bonds. The van der Waals surface area contributed by atoms with Gasteiger partial charge in [0, 0.05) is 29.7 Å². The van der Waals surface area contributed by atoms with Gasteiger partial charge in [0.15, 0.2) is 0 Å². The number of rotatable bonds is 4. The molecule has 0 radical (unpaired) electrons. The van der Waals surface area contributed by atoms with Crippen molar-refractivity contribution in [3.8, 4) is 5.75 Å². The van der Waals surface area contributed by atoms with E-state index in [1.807, 2.05) is 19.1 Å². The molecule has 1 saturated carbocycles. The molecule has 3 N–H and O–H groups in total. The van der Waals surface area contributed by atoms with Crippen molar-refractivity contribution >= 4 is 33.0 Å². The molecular formula is C19H19N3O2S. The van der Waals surface area contributed by atoms with Crippen LogP contribution in [0.1, 0.15) is 33.1 Å². The number of ether oxygens (including phenoxy) is 1. The molecule has 6 heteroatoms. The van der Waals surface area contributed by atoms with Crippen LogP contribution in [0, 0.1) is 6.92 Å². The van der Waals surface area contributed by atoms with Gasteiger partial charge in [0.1, 0.15) is 10.6 Å². The van der Waals surface area contributed by atoms with E-state index in [2.05, 4.69) is 22.4 Å². The van der Waals surface area contributed by atoms with Gasteiger partial charge in [-0.25, -0.2) is 0 Å². The van der Waals surface area contributed by atoms with Crippen molar-refractivity contribution in [1.82, 2.24) is 10.3 Å². The average Bonchev–Trinajstić information content (AvgIpc) is 3.29. The fraction of sp³-hybridized carbons (Fsp3) is 0.263. The van der Waals surface area contributed by atoms with Crippen LogP contribution in [0.25, 0.3) is 10.1 Å². The Morgan fingerprint density at radius 2 is 2.08 bits per heavy atom. The lowest BCUT2D eigenvalue weighted by Gasteiger charge is -2.05. The molecule has 2 aromatic heterocycles. The summed E-state index contributed by atoms with van der Waals surface area (Å²) in [6.45, 7) is 1.96. The lowest BCUT2D eigenvalue weighted by molar-refractivity contribution is 0.0955. The lowest BCUT2D eigenvalue weighted by Crippen LogP contribution is -2.26. The predicted molar refractivity (Wildman–Crippen MR) is 100 cm³/mol. The van der Waals surface area contributed by atoms with Crippen LogP contribution in [0.3, 0.4) is 0 Å². The molecule has 2 heterocycles. The highest BCUT2D eigenvalue weighted by molar-refractivity contribution is 7.21. The van der Waals surface area contributed by atoms with Gasteiger partial charge < -0.3 is 15.8 Å². The van der Waals surface area contributed by atoms with Crippen molar-refractivity contribution in [2.24, 2.45) is 0 Å². The standard InChI is InChI=1S/C19H19N3O2S/c1-10-8-21-9-15-16(10)17(20)18(25-15)19(23)22-14-7-13(14)11-3-5-12(24-2)6-4-11/h3-6,8-9,13-14H,7,20H2,1-2H3,(H,22,23)/t13-,14+/m0/s1. The van der Waals surface area contributed by atoms with Crippen LogP contribution in [0.2, 0.25) is 0 Å². The minimum absolute atomic E-state index is 0.0980. The van der Waals surface area contributed by atoms with E-state index in [0.29, 0.717) is 16.5 Å². The summed E-state index contributed by atoms with van der Waals surface area (Å²) in [5, 5.41) is 4.05. The number of thiophene rings is 1. The molecule has 2 atom stereocenters. The van der Waals surface area contributed by atoms with Crippen molar-refractivity contribution in [2.45, 2.75) is 25.3 Å². The molecule has 1 aliphatic rings. The second kappa shape index (κ2) is 6.04. The normalized spacial score (nSPS) is 19.0. The number of nitrogen functional groups attached to an aromatic ring is 1. The van der Waals surface area contributed by atoms with Crippen molar-refractivity contribution < 1.29 is 9.53 Å². The van der Waals surface area contributed by atoms with Crippen LogP contribution in [-0.4, -0.2) is 24.0 Å². The third kappa shape index (κ3) is 2.82. The Balaban J connectivity index is 1.50. The topological polar surface area (TPSA) is 77.2 Å². The van der Waals surface area contributed by atoms with Crippen molar-refractivity contribution in [3.05, 3.63) is 52.7 Å². The van der Waals surface area contributed by atoms with Crippen molar-refractivity contribution in [2.75, 3.05) is 12.8 Å². The number of methoxy groups -OCH3 is 1. The molecule has 25 heavy (non-hydrogen) atoms. The molecule has 1 fully saturated rings. The highest BCUT2D eigenvalue weighted by Gasteiger charge is 2.40. The molecule has 3 aromatic rings. The molecule has 5 nitrogen and oxygen atoms in total. The lowest BCUT2D eigenvalue weighted by atomic mass is 10.1. The van der Waals surface area contributed by atoms with Gasteiger partial charge in [0.2, 0.25) is 0 Å². The zero-order chi connectivity index (χ0) is 17.6. The maximum Gasteiger partial charge on any atom is 0.263 e. The van der Waals surface area contributed by atoms with E-state index in [0.717, 1.165) is 27.8 Å². The maximum atomic E-state index is 12.7. The number of nitrogens with one attached hydrogen (secondary N) is 1. The van der Waals surface area contributed by atoms with Crippen molar-refractivity contribution in [1.29, 1.82) is 0 Å². The van der Waals surface area contributed by atoms with E-state index in [9.17, 15) is 4.79 Å². The fourth-order valence-corrected chi connectivity index (χ4v) is 4.29. The second-order valence-electron chi connectivity index (χ2n) is 6.37. The molecule has 4 rings (SSSR count). The Morgan fingerprint density at radius 3 is 2.76 bits per heavy atom. The Labute approximate surface area is 149 Å². The van der Waals surface area contributed by atoms with E-state index in [4.69, 9.17) is 10.5 Å². The minimum atomic E-state index is -0.0980. The number of nitrogens with two attached hydrogens (primary N) is 1. The van der Waals surface area contributed by atoms with Crippen molar-refractivity contribution in [3.63, 3.8) is 0 Å². The number of aryl methyl sites for hydroxylation is 1. The molecule has 0 aliphatic heterocycles. The number of aromatic nitrogens is 1. The SMILES string of the molecule is COc1ccc([C@@H]2C[C@H]2NC(=O)c2sc3cncc(C)c3c2N)cc1. The number of anilines is 1. The number of nitrogens with zero attached hydrogens (tertiary/aromatic N) is 1. The molecule has 0 bridgehead atoms. The van der Waals surface area contributed by atoms with Gasteiger partial charge in [-0.15, -0.1) is 11.3 Å². The van der Waals surface area contributed by atoms with Crippen LogP contribution >= 0.6 is 11.3 Å². The van der Waals surface area contributed by atoms with Gasteiger partial charge in [-0.3, -0.25) is 9.78 Å². The first-order valence-corrected chi connectivity index (χ1v) is 8.97. The van der Waals surface area contributed by atoms with E-state index < -0.39 is 0 Å². The summed E-state index contributed by atoms with van der Waals surface area (Å²) in [5.41, 5.74) is 8.99. The zero-order valence-corrected chi connectivity index (χ0v) is 14.9. The first kappa shape index (κ1) is 15.9. The summed E-state index contributed by atoms with van der Waals surface area (Å²) >= 11 is 1.40. The molecule has 0 spiro atoms. The Hall–Kier alpha value is -2.60. The first-order valence-electron chi connectivity index (χ1n) is 8.16. The Kier molecular flexibility index (Phi) is 3.84. The first-order chi connectivity index (χ1) is 12.1. The number of carbonyl (C=O) groups is 1. The maximum absolute atomic E-state index is 12.7. The molecule has 1 aliphatic carbocycles. The van der Waals surface area contributed by atoms with Crippen LogP contribution < -0.4 is 15.8 Å². The molecule has 128 valence electrons. The van der Waals surface area contributed by atoms with Gasteiger partial charge in [-0.05, 0) is 36.6 Å². The summed E-state index contributed by atoms with van der Waals surface area (Å²) in [6.07, 6.45) is 4.48. The number of benzene rings is 1. The summed E-state index contributed by atoms with van der Waals surface area (Å²) in [4.78, 5) is 17.4. The third-order valence-electron chi connectivity index (χ3n) is 4.68. The minimum Gasteiger partial charge on any atom is -0.497 e. The monoisotopic (exact) mass is 353 g/mol. The third-order valence-corrected chi connectivity index (χ3v) is 5.82. The van der Waals surface area contributed by atoms with E-state index in [1.54, 1.807) is 19.5 Å². The smallest absolute Gasteiger partial charge is 0.263 e. The number of amides is 1. The zero-order valence-electron chi connectivity index (χ0n) is 14.1. The van der Waals surface area contributed by atoms with Gasteiger partial charge >= 0.3 is 0 Å². The number of pyridine rings is 1. The van der Waals surface area contributed by atoms with Crippen LogP contribution in [0.5, 0.6) is 5.75 Å². The quantitative estimate of drug-likeness (QED) is 0.753. The van der Waals surface area contributed by atoms with Gasteiger partial charge in [-0.2, -0.15) is 0 Å². The van der Waals surface area contributed by atoms with Gasteiger partial charge in [0.25, 0.3) is 5.91 Å². The van der Waals surface area contributed by atoms with Gasteiger partial charge in [0.05, 0.1) is 17.5 Å². The number of carbonyl (C=O) groups excluding carboxylic acids is 1. The Bertz CT molecular complexity index is 949. The fourth-order valence-electron chi connectivity index (χ4n) is 3.22. The summed E-state index contributed by atoms with van der Waals surface area (Å²) in [5.74, 6) is 1.10. The van der Waals surface area contributed by atoms with E-state index in [1.165, 1.54) is 16.9 Å². The number of fused-ring (bicyclic) bond motifs is 1. The molecule has 1 aromatic carbocycles. The summed E-state index contributed by atoms with van der Waals surface area (Å²) < 4.78 is 6.13. The molecule has 0 unspecified atom stereocenters. The average molecular weight is 353 g/mol. The molecule has 0 saturated heterocycles. The Morgan fingerprint density at radius 1 is 1.32 bits per heavy atom. The summed E-state index contributed by atoms with van der Waals surface area (Å²) in [6, 6.07) is 8.17. The van der Waals surface area contributed by atoms with E-state index in [-0.39, 0.29) is 11.9 Å². The van der Waals surface area contributed by atoms with E-state index >= 15 is 0 Å². The highest BCUT2D eigenvalue weighted by Crippen LogP contribution is 2.42.